The van der Waals surface area contributed by atoms with Crippen LogP contribution in [0.2, 0.25) is 0 Å². The molecule has 7 heteroatoms. The summed E-state index contributed by atoms with van der Waals surface area (Å²) in [7, 11) is 3.68. The molecule has 0 radical (unpaired) electrons. The number of nitrogens with one attached hydrogen (secondary N) is 2. The van der Waals surface area contributed by atoms with Crippen LogP contribution in [-0.4, -0.2) is 46.6 Å². The molecule has 1 aromatic heterocycles. The van der Waals surface area contributed by atoms with Gasteiger partial charge in [0.25, 0.3) is 0 Å². The van der Waals surface area contributed by atoms with Crippen LogP contribution in [0.15, 0.2) is 72.8 Å². The summed E-state index contributed by atoms with van der Waals surface area (Å²) in [6, 6.07) is 21.3. The van der Waals surface area contributed by atoms with Gasteiger partial charge in [0.1, 0.15) is 17.3 Å². The maximum atomic E-state index is 12.0. The number of carbonyl (C=O) groups is 1. The molecular weight excluding hydrogens is 404 g/mol. The van der Waals surface area contributed by atoms with E-state index in [0.29, 0.717) is 23.6 Å². The van der Waals surface area contributed by atoms with E-state index in [1.54, 1.807) is 29.2 Å². The van der Waals surface area contributed by atoms with Crippen LogP contribution in [0, 0.1) is 0 Å². The van der Waals surface area contributed by atoms with E-state index in [0.717, 1.165) is 22.2 Å². The number of amides is 1. The maximum absolute atomic E-state index is 12.0. The van der Waals surface area contributed by atoms with Crippen molar-refractivity contribution in [2.24, 2.45) is 0 Å². The minimum absolute atomic E-state index is 0.0821. The van der Waals surface area contributed by atoms with Crippen LogP contribution in [0.25, 0.3) is 22.0 Å². The lowest BCUT2D eigenvalue weighted by Crippen LogP contribution is -2.27. The molecule has 4 rings (SSSR count). The molecule has 32 heavy (non-hydrogen) atoms. The Morgan fingerprint density at radius 3 is 2.22 bits per heavy atom. The van der Waals surface area contributed by atoms with Gasteiger partial charge < -0.3 is 25.7 Å². The fourth-order valence-corrected chi connectivity index (χ4v) is 3.37. The van der Waals surface area contributed by atoms with Gasteiger partial charge in [0.2, 0.25) is 5.91 Å². The monoisotopic (exact) mass is 428 g/mol. The summed E-state index contributed by atoms with van der Waals surface area (Å²) in [5.41, 5.74) is 3.90. The standard InChI is InChI=1S/C25H24N4O3/c1-29(2)15-24(32)26-18-6-8-19(9-7-18)27-25-22(16-3-10-20(30)11-4-16)13-17-5-12-21(31)14-23(17)28-25/h3-14,30-31H,15H2,1-2H3,(H,26,32)(H,27,28). The number of aromatic hydroxyl groups is 2. The Morgan fingerprint density at radius 2 is 1.53 bits per heavy atom. The minimum atomic E-state index is -0.0821. The molecule has 0 fully saturated rings. The number of pyridine rings is 1. The number of aromatic nitrogens is 1. The molecule has 7 nitrogen and oxygen atoms in total. The molecule has 1 heterocycles. The van der Waals surface area contributed by atoms with Gasteiger partial charge in [-0.25, -0.2) is 4.98 Å². The zero-order chi connectivity index (χ0) is 22.7. The number of nitrogens with zero attached hydrogens (tertiary/aromatic N) is 2. The summed E-state index contributed by atoms with van der Waals surface area (Å²) in [5.74, 6) is 0.861. The number of hydrogen-bond acceptors (Lipinski definition) is 6. The van der Waals surface area contributed by atoms with Crippen LogP contribution in [0.1, 0.15) is 0 Å². The predicted molar refractivity (Wildman–Crippen MR) is 127 cm³/mol. The number of hydrogen-bond donors (Lipinski definition) is 4. The van der Waals surface area contributed by atoms with Gasteiger partial charge in [-0.2, -0.15) is 0 Å². The molecular formula is C25H24N4O3. The number of phenolic OH excluding ortho intramolecular Hbond substituents is 2. The second kappa shape index (κ2) is 8.95. The van der Waals surface area contributed by atoms with Crippen LogP contribution < -0.4 is 10.6 Å². The molecule has 0 spiro atoms. The fourth-order valence-electron chi connectivity index (χ4n) is 3.37. The third-order valence-electron chi connectivity index (χ3n) is 4.87. The van der Waals surface area contributed by atoms with E-state index in [-0.39, 0.29) is 17.4 Å². The zero-order valence-corrected chi connectivity index (χ0v) is 17.8. The van der Waals surface area contributed by atoms with Gasteiger partial charge in [0.05, 0.1) is 12.1 Å². The van der Waals surface area contributed by atoms with Crippen LogP contribution in [0.4, 0.5) is 17.2 Å². The van der Waals surface area contributed by atoms with Gasteiger partial charge in [0, 0.05) is 28.4 Å². The molecule has 1 amide bonds. The predicted octanol–water partition coefficient (Wildman–Crippen LogP) is 4.56. The molecule has 4 aromatic rings. The van der Waals surface area contributed by atoms with Gasteiger partial charge in [-0.3, -0.25) is 4.79 Å². The Labute approximate surface area is 186 Å². The first kappa shape index (κ1) is 21.1. The third kappa shape index (κ3) is 4.96. The number of anilines is 3. The Hall–Kier alpha value is -4.10. The topological polar surface area (TPSA) is 97.7 Å². The lowest BCUT2D eigenvalue weighted by Gasteiger charge is -2.14. The van der Waals surface area contributed by atoms with Crippen molar-refractivity contribution in [1.82, 2.24) is 9.88 Å². The molecule has 162 valence electrons. The first-order valence-corrected chi connectivity index (χ1v) is 10.1. The molecule has 4 N–H and O–H groups in total. The molecule has 0 saturated carbocycles. The van der Waals surface area contributed by atoms with Gasteiger partial charge in [-0.05, 0) is 74.3 Å². The second-order valence-electron chi connectivity index (χ2n) is 7.80. The van der Waals surface area contributed by atoms with Crippen molar-refractivity contribution in [3.8, 4) is 22.6 Å². The van der Waals surface area contributed by atoms with Crippen molar-refractivity contribution < 1.29 is 15.0 Å². The molecule has 0 saturated heterocycles. The minimum Gasteiger partial charge on any atom is -0.508 e. The number of fused-ring (bicyclic) bond motifs is 1. The van der Waals surface area contributed by atoms with Gasteiger partial charge >= 0.3 is 0 Å². The van der Waals surface area contributed by atoms with Crippen LogP contribution in [0.5, 0.6) is 11.5 Å². The number of benzene rings is 3. The highest BCUT2D eigenvalue weighted by Gasteiger charge is 2.11. The molecule has 0 atom stereocenters. The highest BCUT2D eigenvalue weighted by Crippen LogP contribution is 2.34. The Bertz CT molecular complexity index is 1250. The number of phenols is 2. The normalized spacial score (nSPS) is 11.0. The highest BCUT2D eigenvalue weighted by atomic mass is 16.3. The molecule has 3 aromatic carbocycles. The fraction of sp³-hybridized carbons (Fsp3) is 0.120. The summed E-state index contributed by atoms with van der Waals surface area (Å²) in [5, 5.41) is 26.6. The lowest BCUT2D eigenvalue weighted by atomic mass is 10.0. The molecule has 0 unspecified atom stereocenters. The quantitative estimate of drug-likeness (QED) is 0.360. The summed E-state index contributed by atoms with van der Waals surface area (Å²) in [6.07, 6.45) is 0. The van der Waals surface area contributed by atoms with Gasteiger partial charge in [-0.1, -0.05) is 12.1 Å². The average molecular weight is 428 g/mol. The van der Waals surface area contributed by atoms with E-state index < -0.39 is 0 Å². The van der Waals surface area contributed by atoms with E-state index in [2.05, 4.69) is 10.6 Å². The van der Waals surface area contributed by atoms with Crippen LogP contribution >= 0.6 is 0 Å². The van der Waals surface area contributed by atoms with E-state index in [9.17, 15) is 15.0 Å². The molecule has 0 bridgehead atoms. The van der Waals surface area contributed by atoms with Crippen LogP contribution in [-0.2, 0) is 4.79 Å². The number of rotatable bonds is 6. The van der Waals surface area contributed by atoms with Crippen molar-refractivity contribution in [2.75, 3.05) is 31.3 Å². The van der Waals surface area contributed by atoms with Gasteiger partial charge in [0.15, 0.2) is 0 Å². The van der Waals surface area contributed by atoms with Crippen molar-refractivity contribution in [1.29, 1.82) is 0 Å². The van der Waals surface area contributed by atoms with E-state index in [1.807, 2.05) is 62.6 Å². The Morgan fingerprint density at radius 1 is 0.875 bits per heavy atom. The average Bonchev–Trinajstić information content (AvgIpc) is 2.75. The van der Waals surface area contributed by atoms with E-state index >= 15 is 0 Å². The van der Waals surface area contributed by atoms with Crippen molar-refractivity contribution in [2.45, 2.75) is 0 Å². The summed E-state index contributed by atoms with van der Waals surface area (Å²) >= 11 is 0. The lowest BCUT2D eigenvalue weighted by molar-refractivity contribution is -0.116. The summed E-state index contributed by atoms with van der Waals surface area (Å²) in [4.78, 5) is 18.5. The van der Waals surface area contributed by atoms with E-state index in [1.165, 1.54) is 0 Å². The zero-order valence-electron chi connectivity index (χ0n) is 17.8. The molecule has 0 aliphatic heterocycles. The Balaban J connectivity index is 1.66. The summed E-state index contributed by atoms with van der Waals surface area (Å²) in [6.45, 7) is 0.309. The number of likely N-dealkylation sites (N-methyl/N-ethyl adjacent to an activating group) is 1. The SMILES string of the molecule is CN(C)CC(=O)Nc1ccc(Nc2nc3cc(O)ccc3cc2-c2ccc(O)cc2)cc1. The number of carbonyl (C=O) groups excluding carboxylic acids is 1. The molecule has 0 aliphatic rings. The first-order valence-electron chi connectivity index (χ1n) is 10.1. The van der Waals surface area contributed by atoms with Crippen LogP contribution in [0.3, 0.4) is 0 Å². The Kier molecular flexibility index (Phi) is 5.91. The largest absolute Gasteiger partial charge is 0.508 e. The third-order valence-corrected chi connectivity index (χ3v) is 4.87. The maximum Gasteiger partial charge on any atom is 0.238 e. The van der Waals surface area contributed by atoms with Crippen molar-refractivity contribution in [3.63, 3.8) is 0 Å². The first-order chi connectivity index (χ1) is 15.4. The molecule has 0 aliphatic carbocycles. The van der Waals surface area contributed by atoms with Crippen molar-refractivity contribution >= 4 is 34.0 Å². The van der Waals surface area contributed by atoms with E-state index in [4.69, 9.17) is 4.98 Å². The van der Waals surface area contributed by atoms with Gasteiger partial charge in [-0.15, -0.1) is 0 Å². The van der Waals surface area contributed by atoms with Crippen molar-refractivity contribution in [3.05, 3.63) is 72.8 Å². The summed E-state index contributed by atoms with van der Waals surface area (Å²) < 4.78 is 0. The smallest absolute Gasteiger partial charge is 0.238 e. The highest BCUT2D eigenvalue weighted by molar-refractivity contribution is 5.93. The second-order valence-corrected chi connectivity index (χ2v) is 7.80.